The van der Waals surface area contributed by atoms with Crippen LogP contribution in [0.2, 0.25) is 0 Å². The maximum atomic E-state index is 11.7. The third-order valence-electron chi connectivity index (χ3n) is 3.18. The molecule has 0 unspecified atom stereocenters. The standard InChI is InChI=1S/C13H13NO/c15-13-7-3-6-12-10(13)8-9-4-1-2-5-11(9)14-12/h1,4,8H,2-3,5-7H2. The number of aromatic nitrogens is 1. The fourth-order valence-corrected chi connectivity index (χ4v) is 2.37. The van der Waals surface area contributed by atoms with Gasteiger partial charge < -0.3 is 0 Å². The molecule has 1 heterocycles. The fourth-order valence-electron chi connectivity index (χ4n) is 2.37. The summed E-state index contributed by atoms with van der Waals surface area (Å²) in [4.78, 5) is 16.3. The van der Waals surface area contributed by atoms with E-state index in [0.717, 1.165) is 42.5 Å². The van der Waals surface area contributed by atoms with Gasteiger partial charge in [0.1, 0.15) is 0 Å². The summed E-state index contributed by atoms with van der Waals surface area (Å²) in [6, 6.07) is 2.04. The third kappa shape index (κ3) is 1.41. The molecule has 1 aromatic rings. The monoisotopic (exact) mass is 199 g/mol. The van der Waals surface area contributed by atoms with E-state index in [9.17, 15) is 4.79 Å². The maximum absolute atomic E-state index is 11.7. The molecule has 0 spiro atoms. The molecule has 2 nitrogen and oxygen atoms in total. The summed E-state index contributed by atoms with van der Waals surface area (Å²) in [7, 11) is 0. The Hall–Kier alpha value is -1.44. The van der Waals surface area contributed by atoms with Crippen LogP contribution >= 0.6 is 0 Å². The second-order valence-electron chi connectivity index (χ2n) is 4.24. The van der Waals surface area contributed by atoms with Crippen molar-refractivity contribution >= 4 is 11.9 Å². The van der Waals surface area contributed by atoms with E-state index in [1.54, 1.807) is 0 Å². The zero-order chi connectivity index (χ0) is 10.3. The minimum Gasteiger partial charge on any atom is -0.294 e. The van der Waals surface area contributed by atoms with Crippen LogP contribution in [0.15, 0.2) is 12.1 Å². The Labute approximate surface area is 89.0 Å². The van der Waals surface area contributed by atoms with Crippen LogP contribution in [0, 0.1) is 0 Å². The molecule has 1 aromatic heterocycles. The quantitative estimate of drug-likeness (QED) is 0.642. The number of Topliss-reactive ketones (excluding diaryl/α,β-unsaturated/α-hetero) is 1. The highest BCUT2D eigenvalue weighted by Gasteiger charge is 2.20. The Morgan fingerprint density at radius 3 is 3.00 bits per heavy atom. The second-order valence-corrected chi connectivity index (χ2v) is 4.24. The molecule has 0 fully saturated rings. The smallest absolute Gasteiger partial charge is 0.164 e. The number of nitrogens with zero attached hydrogens (tertiary/aromatic N) is 1. The van der Waals surface area contributed by atoms with Crippen molar-refractivity contribution in [1.82, 2.24) is 4.98 Å². The number of hydrogen-bond acceptors (Lipinski definition) is 2. The van der Waals surface area contributed by atoms with Crippen LogP contribution in [0.25, 0.3) is 6.08 Å². The van der Waals surface area contributed by atoms with E-state index < -0.39 is 0 Å². The summed E-state index contributed by atoms with van der Waals surface area (Å²) in [5, 5.41) is 0. The largest absolute Gasteiger partial charge is 0.294 e. The van der Waals surface area contributed by atoms with Crippen LogP contribution in [0.5, 0.6) is 0 Å². The molecule has 76 valence electrons. The first-order valence-corrected chi connectivity index (χ1v) is 5.57. The summed E-state index contributed by atoms with van der Waals surface area (Å²) < 4.78 is 0. The molecule has 3 rings (SSSR count). The van der Waals surface area contributed by atoms with Gasteiger partial charge >= 0.3 is 0 Å². The molecule has 2 heteroatoms. The highest BCUT2D eigenvalue weighted by Crippen LogP contribution is 2.25. The molecule has 0 atom stereocenters. The Kier molecular flexibility index (Phi) is 1.94. The topological polar surface area (TPSA) is 30.0 Å². The molecule has 0 radical (unpaired) electrons. The lowest BCUT2D eigenvalue weighted by Gasteiger charge is -2.18. The average Bonchev–Trinajstić information content (AvgIpc) is 2.27. The summed E-state index contributed by atoms with van der Waals surface area (Å²) in [5.41, 5.74) is 4.22. The Morgan fingerprint density at radius 1 is 1.13 bits per heavy atom. The molecule has 0 aliphatic heterocycles. The molecule has 0 bridgehead atoms. The minimum absolute atomic E-state index is 0.269. The van der Waals surface area contributed by atoms with E-state index in [-0.39, 0.29) is 5.78 Å². The number of hydrogen-bond donors (Lipinski definition) is 0. The lowest BCUT2D eigenvalue weighted by Crippen LogP contribution is -2.15. The van der Waals surface area contributed by atoms with Crippen molar-refractivity contribution in [3.8, 4) is 0 Å². The van der Waals surface area contributed by atoms with Gasteiger partial charge in [-0.2, -0.15) is 0 Å². The molecular formula is C13H13NO. The summed E-state index contributed by atoms with van der Waals surface area (Å²) in [6.07, 6.45) is 8.97. The summed E-state index contributed by atoms with van der Waals surface area (Å²) in [6.45, 7) is 0. The van der Waals surface area contributed by atoms with E-state index >= 15 is 0 Å². The number of carbonyl (C=O) groups is 1. The van der Waals surface area contributed by atoms with E-state index in [0.29, 0.717) is 6.42 Å². The first-order chi connectivity index (χ1) is 7.34. The molecule has 2 aliphatic carbocycles. The van der Waals surface area contributed by atoms with Gasteiger partial charge in [-0.1, -0.05) is 12.2 Å². The molecular weight excluding hydrogens is 186 g/mol. The first-order valence-electron chi connectivity index (χ1n) is 5.57. The summed E-state index contributed by atoms with van der Waals surface area (Å²) >= 11 is 0. The highest BCUT2D eigenvalue weighted by atomic mass is 16.1. The zero-order valence-electron chi connectivity index (χ0n) is 8.62. The van der Waals surface area contributed by atoms with Crippen molar-refractivity contribution < 1.29 is 4.79 Å². The predicted octanol–water partition coefficient (Wildman–Crippen LogP) is 2.56. The van der Waals surface area contributed by atoms with Crippen molar-refractivity contribution in [3.05, 3.63) is 34.7 Å². The number of ketones is 1. The molecule has 0 N–H and O–H groups in total. The van der Waals surface area contributed by atoms with Gasteiger partial charge in [-0.15, -0.1) is 0 Å². The van der Waals surface area contributed by atoms with Gasteiger partial charge in [-0.25, -0.2) is 0 Å². The van der Waals surface area contributed by atoms with Crippen LogP contribution in [-0.2, 0) is 12.8 Å². The fraction of sp³-hybridized carbons (Fsp3) is 0.385. The number of aryl methyl sites for hydroxylation is 2. The molecule has 2 aliphatic rings. The zero-order valence-corrected chi connectivity index (χ0v) is 8.62. The molecule has 0 saturated heterocycles. The van der Waals surface area contributed by atoms with E-state index in [1.165, 1.54) is 5.69 Å². The predicted molar refractivity (Wildman–Crippen MR) is 58.9 cm³/mol. The highest BCUT2D eigenvalue weighted by molar-refractivity contribution is 5.98. The van der Waals surface area contributed by atoms with Crippen molar-refractivity contribution in [2.24, 2.45) is 0 Å². The molecule has 0 aromatic carbocycles. The number of pyridine rings is 1. The lowest BCUT2D eigenvalue weighted by atomic mass is 9.91. The molecule has 15 heavy (non-hydrogen) atoms. The van der Waals surface area contributed by atoms with E-state index in [1.807, 2.05) is 6.07 Å². The second kappa shape index (κ2) is 3.30. The van der Waals surface area contributed by atoms with Crippen molar-refractivity contribution in [1.29, 1.82) is 0 Å². The molecule has 0 saturated carbocycles. The Bertz CT molecular complexity index is 460. The third-order valence-corrected chi connectivity index (χ3v) is 3.18. The van der Waals surface area contributed by atoms with E-state index in [4.69, 9.17) is 0 Å². The summed E-state index contributed by atoms with van der Waals surface area (Å²) in [5.74, 6) is 0.269. The van der Waals surface area contributed by atoms with Crippen molar-refractivity contribution in [2.45, 2.75) is 32.1 Å². The van der Waals surface area contributed by atoms with Gasteiger partial charge in [0.15, 0.2) is 5.78 Å². The first kappa shape index (κ1) is 8.84. The van der Waals surface area contributed by atoms with E-state index in [2.05, 4.69) is 17.1 Å². The van der Waals surface area contributed by atoms with Crippen molar-refractivity contribution in [3.63, 3.8) is 0 Å². The minimum atomic E-state index is 0.269. The van der Waals surface area contributed by atoms with Crippen LogP contribution in [0.1, 0.15) is 46.6 Å². The van der Waals surface area contributed by atoms with Gasteiger partial charge in [0.25, 0.3) is 0 Å². The number of allylic oxidation sites excluding steroid dienone is 1. The number of fused-ring (bicyclic) bond motifs is 2. The van der Waals surface area contributed by atoms with Gasteiger partial charge in [0.2, 0.25) is 0 Å². The van der Waals surface area contributed by atoms with Gasteiger partial charge in [0.05, 0.1) is 5.69 Å². The van der Waals surface area contributed by atoms with Crippen LogP contribution in [0.4, 0.5) is 0 Å². The normalized spacial score (nSPS) is 18.5. The number of rotatable bonds is 0. The Balaban J connectivity index is 2.18. The van der Waals surface area contributed by atoms with Crippen LogP contribution in [0.3, 0.4) is 0 Å². The van der Waals surface area contributed by atoms with Gasteiger partial charge in [-0.05, 0) is 37.3 Å². The van der Waals surface area contributed by atoms with Crippen LogP contribution < -0.4 is 0 Å². The maximum Gasteiger partial charge on any atom is 0.164 e. The van der Waals surface area contributed by atoms with Gasteiger partial charge in [-0.3, -0.25) is 9.78 Å². The lowest BCUT2D eigenvalue weighted by molar-refractivity contribution is 0.0971. The Morgan fingerprint density at radius 2 is 2.07 bits per heavy atom. The SMILES string of the molecule is O=C1CCCc2nc3c(cc21)C=CCC3. The van der Waals surface area contributed by atoms with Gasteiger partial charge in [0, 0.05) is 17.7 Å². The number of carbonyl (C=O) groups excluding carboxylic acids is 1. The average molecular weight is 199 g/mol. The molecule has 0 amide bonds. The van der Waals surface area contributed by atoms with Crippen LogP contribution in [-0.4, -0.2) is 10.8 Å². The van der Waals surface area contributed by atoms with Crippen molar-refractivity contribution in [2.75, 3.05) is 0 Å².